The van der Waals surface area contributed by atoms with Crippen molar-refractivity contribution in [1.29, 1.82) is 0 Å². The van der Waals surface area contributed by atoms with Gasteiger partial charge in [-0.1, -0.05) is 6.42 Å². The topological polar surface area (TPSA) is 29.4 Å². The highest BCUT2D eigenvalue weighted by Crippen LogP contribution is 2.22. The van der Waals surface area contributed by atoms with Crippen LogP contribution in [0.5, 0.6) is 0 Å². The molecule has 0 aromatic heterocycles. The van der Waals surface area contributed by atoms with E-state index < -0.39 is 11.0 Å². The average molecular weight is 236 g/mol. The predicted molar refractivity (Wildman–Crippen MR) is 63.4 cm³/mol. The van der Waals surface area contributed by atoms with Gasteiger partial charge in [0.15, 0.2) is 0 Å². The molecule has 0 radical (unpaired) electrons. The van der Waals surface area contributed by atoms with Gasteiger partial charge in [-0.05, 0) is 40.0 Å². The molecule has 0 amide bonds. The lowest BCUT2D eigenvalue weighted by Crippen LogP contribution is -2.25. The monoisotopic (exact) mass is 235 g/mol. The van der Waals surface area contributed by atoms with Crippen molar-refractivity contribution in [3.8, 4) is 0 Å². The Morgan fingerprint density at radius 1 is 1.43 bits per heavy atom. The van der Waals surface area contributed by atoms with E-state index in [4.69, 9.17) is 11.6 Å². The van der Waals surface area contributed by atoms with E-state index in [2.05, 4.69) is 4.40 Å². The molecule has 2 atom stereocenters. The Morgan fingerprint density at radius 2 is 2.07 bits per heavy atom. The van der Waals surface area contributed by atoms with E-state index in [0.29, 0.717) is 0 Å². The van der Waals surface area contributed by atoms with Gasteiger partial charge in [0.25, 0.3) is 0 Å². The molecule has 0 N–H and O–H groups in total. The van der Waals surface area contributed by atoms with Crippen molar-refractivity contribution in [3.63, 3.8) is 0 Å². The van der Waals surface area contributed by atoms with Gasteiger partial charge in [-0.2, -0.15) is 4.40 Å². The highest BCUT2D eigenvalue weighted by atomic mass is 35.5. The highest BCUT2D eigenvalue weighted by Gasteiger charge is 2.23. The Bertz CT molecular complexity index is 257. The number of rotatable bonds is 1. The molecule has 2 unspecified atom stereocenters. The van der Waals surface area contributed by atoms with Gasteiger partial charge in [-0.3, -0.25) is 0 Å². The van der Waals surface area contributed by atoms with E-state index in [-0.39, 0.29) is 10.1 Å². The van der Waals surface area contributed by atoms with Crippen LogP contribution in [0.2, 0.25) is 0 Å². The van der Waals surface area contributed by atoms with Crippen LogP contribution in [0.15, 0.2) is 4.40 Å². The maximum atomic E-state index is 11.7. The van der Waals surface area contributed by atoms with Crippen LogP contribution < -0.4 is 0 Å². The number of hydrogen-bond donors (Lipinski definition) is 0. The molecule has 2 nitrogen and oxygen atoms in total. The van der Waals surface area contributed by atoms with Crippen molar-refractivity contribution in [3.05, 3.63) is 0 Å². The van der Waals surface area contributed by atoms with Crippen LogP contribution in [0.4, 0.5) is 0 Å². The van der Waals surface area contributed by atoms with Gasteiger partial charge in [0.2, 0.25) is 0 Å². The number of halogens is 1. The first kappa shape index (κ1) is 12.2. The Hall–Kier alpha value is 0.110. The summed E-state index contributed by atoms with van der Waals surface area (Å²) in [5.41, 5.74) is 0.936. The zero-order valence-electron chi connectivity index (χ0n) is 9.05. The summed E-state index contributed by atoms with van der Waals surface area (Å²) in [5, 5.41) is 0.00931. The maximum absolute atomic E-state index is 11.7. The van der Waals surface area contributed by atoms with Crippen LogP contribution in [0.1, 0.15) is 46.5 Å². The molecule has 82 valence electrons. The van der Waals surface area contributed by atoms with Crippen molar-refractivity contribution < 1.29 is 4.21 Å². The van der Waals surface area contributed by atoms with E-state index in [0.717, 1.165) is 31.4 Å². The minimum atomic E-state index is -1.15. The van der Waals surface area contributed by atoms with E-state index >= 15 is 0 Å². The van der Waals surface area contributed by atoms with Gasteiger partial charge in [-0.25, -0.2) is 4.21 Å². The van der Waals surface area contributed by atoms with Gasteiger partial charge in [-0.15, -0.1) is 11.6 Å². The van der Waals surface area contributed by atoms with Crippen LogP contribution in [-0.2, 0) is 11.0 Å². The Kier molecular flexibility index (Phi) is 4.14. The zero-order valence-corrected chi connectivity index (χ0v) is 10.6. The molecule has 1 saturated carbocycles. The largest absolute Gasteiger partial charge is 0.234 e. The molecule has 0 aromatic carbocycles. The Balaban J connectivity index is 2.71. The lowest BCUT2D eigenvalue weighted by atomic mass is 9.98. The second-order valence-electron chi connectivity index (χ2n) is 4.66. The molecule has 0 saturated heterocycles. The lowest BCUT2D eigenvalue weighted by Gasteiger charge is -2.20. The summed E-state index contributed by atoms with van der Waals surface area (Å²) in [4.78, 5) is 0. The molecule has 4 heteroatoms. The van der Waals surface area contributed by atoms with Gasteiger partial charge < -0.3 is 0 Å². The van der Waals surface area contributed by atoms with Crippen molar-refractivity contribution in [2.75, 3.05) is 0 Å². The normalized spacial score (nSPS) is 29.1. The minimum Gasteiger partial charge on any atom is -0.234 e. The second kappa shape index (κ2) is 4.75. The summed E-state index contributed by atoms with van der Waals surface area (Å²) >= 11 is 6.11. The van der Waals surface area contributed by atoms with Crippen molar-refractivity contribution in [1.82, 2.24) is 0 Å². The van der Waals surface area contributed by atoms with Crippen molar-refractivity contribution >= 4 is 28.3 Å². The molecular formula is C10H18ClNOS. The third-order valence-electron chi connectivity index (χ3n) is 2.23. The summed E-state index contributed by atoms with van der Waals surface area (Å²) in [5.74, 6) is 0. The summed E-state index contributed by atoms with van der Waals surface area (Å²) in [6, 6.07) is 0. The zero-order chi connectivity index (χ0) is 10.8. The predicted octanol–water partition coefficient (Wildman–Crippen LogP) is 3.07. The molecular weight excluding hydrogens is 218 g/mol. The number of hydrogen-bond acceptors (Lipinski definition) is 1. The molecule has 0 heterocycles. The standard InChI is InChI=1S/C10H18ClNOS/c1-10(2,3)14(13)12-9-7-5-4-6-8(9)11/h8H,4-7H2,1-3H3/b12-9-. The molecule has 0 aromatic rings. The minimum absolute atomic E-state index is 0.00931. The van der Waals surface area contributed by atoms with Gasteiger partial charge >= 0.3 is 0 Å². The molecule has 0 bridgehead atoms. The molecule has 0 aliphatic heterocycles. The molecule has 1 fully saturated rings. The smallest absolute Gasteiger partial charge is 0.144 e. The SMILES string of the molecule is CC(C)(C)S(=O)/N=C1/CCCCC1Cl. The highest BCUT2D eigenvalue weighted by molar-refractivity contribution is 7.85. The Labute approximate surface area is 93.7 Å². The first-order valence-corrected chi connectivity index (χ1v) is 6.59. The fourth-order valence-corrected chi connectivity index (χ4v) is 2.37. The quantitative estimate of drug-likeness (QED) is 0.643. The summed E-state index contributed by atoms with van der Waals surface area (Å²) in [7, 11) is -1.15. The van der Waals surface area contributed by atoms with Gasteiger partial charge in [0, 0.05) is 5.71 Å². The fraction of sp³-hybridized carbons (Fsp3) is 0.900. The first-order chi connectivity index (χ1) is 6.41. The molecule has 0 spiro atoms. The number of alkyl halides is 1. The van der Waals surface area contributed by atoms with Crippen molar-refractivity contribution in [2.24, 2.45) is 4.40 Å². The summed E-state index contributed by atoms with van der Waals surface area (Å²) < 4.78 is 15.7. The lowest BCUT2D eigenvalue weighted by molar-refractivity contribution is 0.646. The van der Waals surface area contributed by atoms with Crippen LogP contribution in [0.3, 0.4) is 0 Å². The summed E-state index contributed by atoms with van der Waals surface area (Å²) in [6.07, 6.45) is 4.18. The van der Waals surface area contributed by atoms with Crippen LogP contribution in [-0.4, -0.2) is 20.0 Å². The third-order valence-corrected chi connectivity index (χ3v) is 4.14. The molecule has 1 aliphatic rings. The second-order valence-corrected chi connectivity index (χ2v) is 7.09. The number of nitrogens with zero attached hydrogens (tertiary/aromatic N) is 1. The van der Waals surface area contributed by atoms with Gasteiger partial charge in [0.05, 0.1) is 10.1 Å². The fourth-order valence-electron chi connectivity index (χ4n) is 1.30. The van der Waals surface area contributed by atoms with Crippen LogP contribution >= 0.6 is 11.6 Å². The molecule has 14 heavy (non-hydrogen) atoms. The van der Waals surface area contributed by atoms with E-state index in [1.807, 2.05) is 20.8 Å². The van der Waals surface area contributed by atoms with E-state index in [9.17, 15) is 4.21 Å². The van der Waals surface area contributed by atoms with Crippen LogP contribution in [0.25, 0.3) is 0 Å². The van der Waals surface area contributed by atoms with E-state index in [1.165, 1.54) is 0 Å². The third kappa shape index (κ3) is 3.35. The molecule has 1 aliphatic carbocycles. The maximum Gasteiger partial charge on any atom is 0.144 e. The average Bonchev–Trinajstić information content (AvgIpc) is 2.07. The Morgan fingerprint density at radius 3 is 2.57 bits per heavy atom. The summed E-state index contributed by atoms with van der Waals surface area (Å²) in [6.45, 7) is 5.79. The van der Waals surface area contributed by atoms with Crippen LogP contribution in [0, 0.1) is 0 Å². The van der Waals surface area contributed by atoms with E-state index in [1.54, 1.807) is 0 Å². The van der Waals surface area contributed by atoms with Gasteiger partial charge in [0.1, 0.15) is 11.0 Å². The van der Waals surface area contributed by atoms with Crippen molar-refractivity contribution in [2.45, 2.75) is 56.6 Å². The first-order valence-electron chi connectivity index (χ1n) is 5.05. The molecule has 1 rings (SSSR count).